The third-order valence-corrected chi connectivity index (χ3v) is 1.43. The molecule has 0 aliphatic carbocycles. The van der Waals surface area contributed by atoms with Crippen LogP contribution in [0.3, 0.4) is 0 Å². The first-order valence-corrected chi connectivity index (χ1v) is 3.48. The Bertz CT molecular complexity index is 314. The maximum absolute atomic E-state index is 10.3. The zero-order valence-corrected chi connectivity index (χ0v) is 6.19. The number of aromatic nitrogens is 2. The number of ether oxygens (including phenoxy) is 2. The van der Waals surface area contributed by atoms with Crippen LogP contribution in [-0.2, 0) is 0 Å². The van der Waals surface area contributed by atoms with Crippen LogP contribution in [0.2, 0.25) is 0 Å². The molecule has 2 rings (SSSR count). The Kier molecular flexibility index (Phi) is 1.62. The Morgan fingerprint density at radius 3 is 3.08 bits per heavy atom. The average Bonchev–Trinajstić information content (AvgIpc) is 2.17. The van der Waals surface area contributed by atoms with Gasteiger partial charge in [-0.3, -0.25) is 4.79 Å². The maximum Gasteiger partial charge on any atom is 0.260 e. The van der Waals surface area contributed by atoms with Crippen molar-refractivity contribution >= 4 is 6.29 Å². The summed E-state index contributed by atoms with van der Waals surface area (Å²) < 4.78 is 10.3. The van der Waals surface area contributed by atoms with E-state index in [4.69, 9.17) is 9.47 Å². The molecule has 0 radical (unpaired) electrons. The first kappa shape index (κ1) is 7.02. The first-order valence-electron chi connectivity index (χ1n) is 3.48. The third kappa shape index (κ3) is 1.09. The highest BCUT2D eigenvalue weighted by atomic mass is 16.6. The Hall–Kier alpha value is -1.65. The molecule has 1 aliphatic rings. The van der Waals surface area contributed by atoms with E-state index >= 15 is 0 Å². The maximum atomic E-state index is 10.3. The van der Waals surface area contributed by atoms with Gasteiger partial charge in [0, 0.05) is 0 Å². The van der Waals surface area contributed by atoms with E-state index in [0.717, 1.165) is 0 Å². The Morgan fingerprint density at radius 2 is 2.25 bits per heavy atom. The number of hydrogen-bond donors (Lipinski definition) is 0. The van der Waals surface area contributed by atoms with E-state index < -0.39 is 0 Å². The van der Waals surface area contributed by atoms with Gasteiger partial charge in [0.15, 0.2) is 17.9 Å². The number of aldehydes is 1. The van der Waals surface area contributed by atoms with E-state index in [1.807, 2.05) is 0 Å². The average molecular weight is 166 g/mol. The highest BCUT2D eigenvalue weighted by molar-refractivity contribution is 5.69. The third-order valence-electron chi connectivity index (χ3n) is 1.43. The van der Waals surface area contributed by atoms with Crippen LogP contribution in [0.4, 0.5) is 0 Å². The molecule has 0 spiro atoms. The number of carbonyl (C=O) groups excluding carboxylic acids is 1. The molecule has 0 bridgehead atoms. The second-order valence-corrected chi connectivity index (χ2v) is 2.21. The van der Waals surface area contributed by atoms with Crippen LogP contribution < -0.4 is 9.47 Å². The van der Waals surface area contributed by atoms with Gasteiger partial charge in [-0.1, -0.05) is 0 Å². The monoisotopic (exact) mass is 166 g/mol. The molecule has 1 aromatic heterocycles. The molecule has 0 aromatic carbocycles. The summed E-state index contributed by atoms with van der Waals surface area (Å²) in [6, 6.07) is 0. The van der Waals surface area contributed by atoms with Gasteiger partial charge in [-0.25, -0.2) is 4.98 Å². The van der Waals surface area contributed by atoms with Crippen LogP contribution in [0.15, 0.2) is 6.20 Å². The zero-order valence-electron chi connectivity index (χ0n) is 6.19. The summed E-state index contributed by atoms with van der Waals surface area (Å²) in [5.74, 6) is 0.949. The van der Waals surface area contributed by atoms with Crippen molar-refractivity contribution in [2.24, 2.45) is 0 Å². The van der Waals surface area contributed by atoms with Gasteiger partial charge in [-0.05, 0) is 0 Å². The Labute approximate surface area is 68.3 Å². The minimum Gasteiger partial charge on any atom is -0.483 e. The number of fused-ring (bicyclic) bond motifs is 1. The summed E-state index contributed by atoms with van der Waals surface area (Å²) in [5, 5.41) is 0. The van der Waals surface area contributed by atoms with Gasteiger partial charge in [0.2, 0.25) is 0 Å². The van der Waals surface area contributed by atoms with Crippen LogP contribution >= 0.6 is 0 Å². The quantitative estimate of drug-likeness (QED) is 0.552. The van der Waals surface area contributed by atoms with E-state index in [-0.39, 0.29) is 5.82 Å². The van der Waals surface area contributed by atoms with E-state index in [9.17, 15) is 4.79 Å². The van der Waals surface area contributed by atoms with E-state index in [1.54, 1.807) is 0 Å². The van der Waals surface area contributed by atoms with Crippen molar-refractivity contribution in [3.63, 3.8) is 0 Å². The molecule has 12 heavy (non-hydrogen) atoms. The molecule has 0 fully saturated rings. The summed E-state index contributed by atoms with van der Waals surface area (Å²) in [6.45, 7) is 0.957. The molecule has 0 saturated heterocycles. The minimum atomic E-state index is 0.110. The molecule has 0 saturated carbocycles. The van der Waals surface area contributed by atoms with E-state index in [2.05, 4.69) is 9.97 Å². The van der Waals surface area contributed by atoms with Crippen molar-refractivity contribution in [3.8, 4) is 11.6 Å². The lowest BCUT2D eigenvalue weighted by Gasteiger charge is -2.15. The van der Waals surface area contributed by atoms with E-state index in [1.165, 1.54) is 6.20 Å². The minimum absolute atomic E-state index is 0.110. The summed E-state index contributed by atoms with van der Waals surface area (Å²) in [6.07, 6.45) is 2.00. The number of hydrogen-bond acceptors (Lipinski definition) is 5. The summed E-state index contributed by atoms with van der Waals surface area (Å²) in [7, 11) is 0. The molecule has 0 N–H and O–H groups in total. The molecule has 5 nitrogen and oxygen atoms in total. The lowest BCUT2D eigenvalue weighted by Crippen LogP contribution is -2.17. The fourth-order valence-corrected chi connectivity index (χ4v) is 0.917. The molecule has 62 valence electrons. The van der Waals surface area contributed by atoms with Crippen molar-refractivity contribution in [3.05, 3.63) is 12.0 Å². The summed E-state index contributed by atoms with van der Waals surface area (Å²) in [5.41, 5.74) is 0. The fourth-order valence-electron chi connectivity index (χ4n) is 0.917. The van der Waals surface area contributed by atoms with Crippen LogP contribution in [0.5, 0.6) is 11.6 Å². The SMILES string of the molecule is O=Cc1ncc2c(n1)OCCO2. The molecule has 0 atom stereocenters. The lowest BCUT2D eigenvalue weighted by molar-refractivity contribution is 0.111. The molecule has 1 aromatic rings. The second-order valence-electron chi connectivity index (χ2n) is 2.21. The highest BCUT2D eigenvalue weighted by Gasteiger charge is 2.13. The highest BCUT2D eigenvalue weighted by Crippen LogP contribution is 2.25. The van der Waals surface area contributed by atoms with Crippen LogP contribution in [-0.4, -0.2) is 29.5 Å². The fraction of sp³-hybridized carbons (Fsp3) is 0.286. The van der Waals surface area contributed by atoms with Crippen LogP contribution in [0.1, 0.15) is 10.6 Å². The van der Waals surface area contributed by atoms with Gasteiger partial charge >= 0.3 is 0 Å². The van der Waals surface area contributed by atoms with Crippen molar-refractivity contribution < 1.29 is 14.3 Å². The van der Waals surface area contributed by atoms with Gasteiger partial charge in [-0.15, -0.1) is 0 Å². The molecule has 0 unspecified atom stereocenters. The second kappa shape index (κ2) is 2.77. The Morgan fingerprint density at radius 1 is 1.42 bits per heavy atom. The normalized spacial score (nSPS) is 14.0. The molecule has 2 heterocycles. The summed E-state index contributed by atoms with van der Waals surface area (Å²) in [4.78, 5) is 17.8. The smallest absolute Gasteiger partial charge is 0.260 e. The van der Waals surface area contributed by atoms with Gasteiger partial charge in [0.05, 0.1) is 6.20 Å². The number of rotatable bonds is 1. The van der Waals surface area contributed by atoms with E-state index in [0.29, 0.717) is 31.1 Å². The first-order chi connectivity index (χ1) is 5.90. The predicted molar refractivity (Wildman–Crippen MR) is 38.4 cm³/mol. The molecule has 0 amide bonds. The van der Waals surface area contributed by atoms with Crippen molar-refractivity contribution in [2.45, 2.75) is 0 Å². The lowest BCUT2D eigenvalue weighted by atomic mass is 10.5. The zero-order chi connectivity index (χ0) is 8.39. The Balaban J connectivity index is 2.42. The number of carbonyl (C=O) groups is 1. The van der Waals surface area contributed by atoms with Crippen LogP contribution in [0.25, 0.3) is 0 Å². The molecular weight excluding hydrogens is 160 g/mol. The number of nitrogens with zero attached hydrogens (tertiary/aromatic N) is 2. The van der Waals surface area contributed by atoms with Crippen molar-refractivity contribution in [1.29, 1.82) is 0 Å². The largest absolute Gasteiger partial charge is 0.483 e. The predicted octanol–water partition coefficient (Wildman–Crippen LogP) is 0.0603. The topological polar surface area (TPSA) is 61.3 Å². The molecular formula is C7H6N2O3. The van der Waals surface area contributed by atoms with Crippen molar-refractivity contribution in [1.82, 2.24) is 9.97 Å². The standard InChI is InChI=1S/C7H6N2O3/c10-4-6-8-3-5-7(9-6)12-2-1-11-5/h3-4H,1-2H2. The van der Waals surface area contributed by atoms with Crippen LogP contribution in [0, 0.1) is 0 Å². The van der Waals surface area contributed by atoms with Gasteiger partial charge in [-0.2, -0.15) is 4.98 Å². The van der Waals surface area contributed by atoms with Gasteiger partial charge < -0.3 is 9.47 Å². The molecule has 5 heteroatoms. The van der Waals surface area contributed by atoms with Crippen molar-refractivity contribution in [2.75, 3.05) is 13.2 Å². The molecule has 1 aliphatic heterocycles. The summed E-state index contributed by atoms with van der Waals surface area (Å²) >= 11 is 0. The van der Waals surface area contributed by atoms with Gasteiger partial charge in [0.25, 0.3) is 5.88 Å². The van der Waals surface area contributed by atoms with Gasteiger partial charge in [0.1, 0.15) is 13.2 Å².